The van der Waals surface area contributed by atoms with Gasteiger partial charge in [0.25, 0.3) is 0 Å². The Balaban J connectivity index is 2.17. The van der Waals surface area contributed by atoms with Gasteiger partial charge in [0.15, 0.2) is 0 Å². The van der Waals surface area contributed by atoms with Crippen LogP contribution in [0.4, 0.5) is 0 Å². The number of ether oxygens (including phenoxy) is 3. The smallest absolute Gasteiger partial charge is 0.203 e. The van der Waals surface area contributed by atoms with Gasteiger partial charge in [-0.3, -0.25) is 14.4 Å². The highest BCUT2D eigenvalue weighted by atomic mass is 31.1. The minimum Gasteiger partial charge on any atom is -0.496 e. The molecule has 0 spiro atoms. The zero-order valence-electron chi connectivity index (χ0n) is 17.3. The first-order chi connectivity index (χ1) is 15.0. The van der Waals surface area contributed by atoms with E-state index in [1.807, 2.05) is 0 Å². The molecule has 0 aromatic heterocycles. The van der Waals surface area contributed by atoms with Crippen molar-refractivity contribution in [3.8, 4) is 17.2 Å². The van der Waals surface area contributed by atoms with Crippen LogP contribution in [0, 0.1) is 0 Å². The summed E-state index contributed by atoms with van der Waals surface area (Å²) >= 11 is 0. The Morgan fingerprint density at radius 2 is 0.774 bits per heavy atom. The molecule has 6 nitrogen and oxygen atoms in total. The molecule has 7 heteroatoms. The van der Waals surface area contributed by atoms with E-state index in [4.69, 9.17) is 14.2 Å². The van der Waals surface area contributed by atoms with Gasteiger partial charge in [0.05, 0.1) is 38.0 Å². The molecule has 0 amide bonds. The normalized spacial score (nSPS) is 10.5. The van der Waals surface area contributed by atoms with Gasteiger partial charge in [0.2, 0.25) is 16.6 Å². The maximum Gasteiger partial charge on any atom is 0.203 e. The first-order valence-electron chi connectivity index (χ1n) is 9.35. The lowest BCUT2D eigenvalue weighted by molar-refractivity contribution is 0.102. The first kappa shape index (κ1) is 22.2. The fraction of sp³-hybridized carbons (Fsp3) is 0.125. The van der Waals surface area contributed by atoms with Gasteiger partial charge >= 0.3 is 0 Å². The topological polar surface area (TPSA) is 78.9 Å². The molecule has 0 aliphatic carbocycles. The van der Waals surface area contributed by atoms with Crippen LogP contribution in [-0.2, 0) is 0 Å². The molecule has 0 atom stereocenters. The molecule has 31 heavy (non-hydrogen) atoms. The summed E-state index contributed by atoms with van der Waals surface area (Å²) in [6.45, 7) is 0. The maximum absolute atomic E-state index is 13.6. The summed E-state index contributed by atoms with van der Waals surface area (Å²) in [5, 5.41) is 0. The van der Waals surface area contributed by atoms with Gasteiger partial charge in [0, 0.05) is 0 Å². The van der Waals surface area contributed by atoms with Crippen molar-refractivity contribution >= 4 is 24.5 Å². The van der Waals surface area contributed by atoms with Gasteiger partial charge in [0.1, 0.15) is 25.2 Å². The molecule has 0 radical (unpaired) electrons. The van der Waals surface area contributed by atoms with E-state index in [9.17, 15) is 14.4 Å². The van der Waals surface area contributed by atoms with Crippen LogP contribution >= 0.6 is 7.92 Å². The summed E-state index contributed by atoms with van der Waals surface area (Å²) < 4.78 is 15.9. The fourth-order valence-corrected chi connectivity index (χ4v) is 4.93. The largest absolute Gasteiger partial charge is 0.496 e. The number of hydrogen-bond donors (Lipinski definition) is 0. The first-order valence-corrected chi connectivity index (χ1v) is 10.7. The predicted molar refractivity (Wildman–Crippen MR) is 119 cm³/mol. The van der Waals surface area contributed by atoms with E-state index >= 15 is 0 Å². The van der Waals surface area contributed by atoms with Crippen molar-refractivity contribution in [2.45, 2.75) is 0 Å². The molecule has 3 aromatic carbocycles. The van der Waals surface area contributed by atoms with E-state index in [0.717, 1.165) is 0 Å². The second kappa shape index (κ2) is 10.0. The minimum absolute atomic E-state index is 0.169. The fourth-order valence-electron chi connectivity index (χ4n) is 3.10. The number of methoxy groups -OCH3 is 3. The Hall–Kier alpha value is -3.50. The van der Waals surface area contributed by atoms with Crippen molar-refractivity contribution in [3.05, 3.63) is 89.5 Å². The Morgan fingerprint density at radius 3 is 1.03 bits per heavy atom. The molecule has 0 saturated carbocycles. The third kappa shape index (κ3) is 4.49. The Labute approximate surface area is 181 Å². The highest BCUT2D eigenvalue weighted by Gasteiger charge is 2.39. The van der Waals surface area contributed by atoms with Crippen LogP contribution in [0.25, 0.3) is 0 Å². The molecule has 0 aliphatic heterocycles. The molecule has 0 heterocycles. The molecule has 0 fully saturated rings. The summed E-state index contributed by atoms with van der Waals surface area (Å²) in [5.41, 5.74) is -1.29. The van der Waals surface area contributed by atoms with Gasteiger partial charge in [-0.1, -0.05) is 36.4 Å². The predicted octanol–water partition coefficient (Wildman–Crippen LogP) is 5.02. The Bertz CT molecular complexity index is 983. The third-order valence-corrected chi connectivity index (χ3v) is 6.56. The summed E-state index contributed by atoms with van der Waals surface area (Å²) in [7, 11) is 1.79. The molecule has 0 unspecified atom stereocenters. The number of carbonyl (C=O) groups is 3. The van der Waals surface area contributed by atoms with E-state index in [-0.39, 0.29) is 16.7 Å². The van der Waals surface area contributed by atoms with Crippen LogP contribution in [0.5, 0.6) is 17.2 Å². The standard InChI is InChI=1S/C24H21O6P/c1-28-19-13-7-4-10-16(19)22(25)31(23(26)17-11-5-8-14-20(17)29-2)24(27)18-12-6-9-15-21(18)30-3/h4-15H,1-3H3. The van der Waals surface area contributed by atoms with Crippen molar-refractivity contribution in [2.75, 3.05) is 21.3 Å². The lowest BCUT2D eigenvalue weighted by Crippen LogP contribution is -2.16. The van der Waals surface area contributed by atoms with E-state index in [0.29, 0.717) is 17.2 Å². The molecular formula is C24H21O6P. The van der Waals surface area contributed by atoms with Crippen molar-refractivity contribution < 1.29 is 28.6 Å². The monoisotopic (exact) mass is 436 g/mol. The van der Waals surface area contributed by atoms with E-state index < -0.39 is 24.5 Å². The van der Waals surface area contributed by atoms with Gasteiger partial charge < -0.3 is 14.2 Å². The number of carbonyl (C=O) groups excluding carboxylic acids is 3. The number of hydrogen-bond acceptors (Lipinski definition) is 6. The average Bonchev–Trinajstić information content (AvgIpc) is 2.83. The number of para-hydroxylation sites is 3. The highest BCUT2D eigenvalue weighted by molar-refractivity contribution is 8.03. The lowest BCUT2D eigenvalue weighted by Gasteiger charge is -2.18. The second-order valence-corrected chi connectivity index (χ2v) is 8.24. The van der Waals surface area contributed by atoms with Crippen LogP contribution in [0.3, 0.4) is 0 Å². The SMILES string of the molecule is COc1ccccc1C(=O)P(C(=O)c1ccccc1OC)C(=O)c1ccccc1OC. The second-order valence-electron chi connectivity index (χ2n) is 6.35. The van der Waals surface area contributed by atoms with Crippen LogP contribution in [-0.4, -0.2) is 37.9 Å². The zero-order chi connectivity index (χ0) is 22.4. The summed E-state index contributed by atoms with van der Waals surface area (Å²) in [6, 6.07) is 19.6. The Morgan fingerprint density at radius 1 is 0.516 bits per heavy atom. The van der Waals surface area contributed by atoms with Gasteiger partial charge in [-0.2, -0.15) is 0 Å². The number of benzene rings is 3. The molecule has 0 bridgehead atoms. The van der Waals surface area contributed by atoms with Crippen LogP contribution in [0.2, 0.25) is 0 Å². The zero-order valence-corrected chi connectivity index (χ0v) is 18.2. The van der Waals surface area contributed by atoms with Crippen LogP contribution in [0.15, 0.2) is 72.8 Å². The van der Waals surface area contributed by atoms with Gasteiger partial charge in [-0.05, 0) is 36.4 Å². The van der Waals surface area contributed by atoms with Gasteiger partial charge in [-0.25, -0.2) is 0 Å². The average molecular weight is 436 g/mol. The van der Waals surface area contributed by atoms with Crippen molar-refractivity contribution in [2.24, 2.45) is 0 Å². The van der Waals surface area contributed by atoms with Crippen LogP contribution in [0.1, 0.15) is 31.1 Å². The molecule has 0 N–H and O–H groups in total. The summed E-state index contributed by atoms with van der Waals surface area (Å²) in [5.74, 6) is 0.877. The van der Waals surface area contributed by atoms with Gasteiger partial charge in [-0.15, -0.1) is 0 Å². The van der Waals surface area contributed by atoms with Crippen molar-refractivity contribution in [3.63, 3.8) is 0 Å². The minimum atomic E-state index is -2.50. The quantitative estimate of drug-likeness (QED) is 0.439. The lowest BCUT2D eigenvalue weighted by atomic mass is 10.2. The molecule has 0 saturated heterocycles. The molecule has 158 valence electrons. The van der Waals surface area contributed by atoms with E-state index in [2.05, 4.69) is 0 Å². The van der Waals surface area contributed by atoms with E-state index in [1.165, 1.54) is 21.3 Å². The Kier molecular flexibility index (Phi) is 7.16. The summed E-state index contributed by atoms with van der Waals surface area (Å²) in [4.78, 5) is 40.7. The van der Waals surface area contributed by atoms with Crippen molar-refractivity contribution in [1.29, 1.82) is 0 Å². The molecule has 3 rings (SSSR count). The molecule has 3 aromatic rings. The van der Waals surface area contributed by atoms with Crippen molar-refractivity contribution in [1.82, 2.24) is 0 Å². The van der Waals surface area contributed by atoms with E-state index in [1.54, 1.807) is 72.8 Å². The van der Waals surface area contributed by atoms with Crippen LogP contribution < -0.4 is 14.2 Å². The maximum atomic E-state index is 13.6. The number of rotatable bonds is 9. The highest BCUT2D eigenvalue weighted by Crippen LogP contribution is 2.50. The summed E-state index contributed by atoms with van der Waals surface area (Å²) in [6.07, 6.45) is 0. The molecular weight excluding hydrogens is 415 g/mol. The third-order valence-electron chi connectivity index (χ3n) is 4.62. The molecule has 0 aliphatic rings.